The molecule has 0 spiro atoms. The Bertz CT molecular complexity index is 1010. The van der Waals surface area contributed by atoms with Crippen LogP contribution in [-0.4, -0.2) is 25.5 Å². The number of benzene rings is 1. The minimum absolute atomic E-state index is 0.00199. The Morgan fingerprint density at radius 2 is 2.04 bits per heavy atom. The number of aromatic nitrogens is 4. The van der Waals surface area contributed by atoms with Crippen LogP contribution in [0, 0.1) is 12.8 Å². The van der Waals surface area contributed by atoms with Crippen molar-refractivity contribution in [3.8, 4) is 11.4 Å². The predicted octanol–water partition coefficient (Wildman–Crippen LogP) is 2.91. The maximum atomic E-state index is 12.6. The molecular formula is C19H21N5O2. The Kier molecular flexibility index (Phi) is 4.28. The van der Waals surface area contributed by atoms with E-state index in [2.05, 4.69) is 20.4 Å². The number of nitrogens with one attached hydrogen (secondary N) is 2. The zero-order chi connectivity index (χ0) is 18.1. The molecule has 1 aliphatic rings. The Morgan fingerprint density at radius 3 is 2.81 bits per heavy atom. The summed E-state index contributed by atoms with van der Waals surface area (Å²) in [5.74, 6) is 1.12. The van der Waals surface area contributed by atoms with Gasteiger partial charge in [-0.1, -0.05) is 43.0 Å². The summed E-state index contributed by atoms with van der Waals surface area (Å²) in [6, 6.07) is 9.18. The molecule has 134 valence electrons. The van der Waals surface area contributed by atoms with Crippen LogP contribution in [0.4, 0.5) is 5.82 Å². The molecule has 1 amide bonds. The van der Waals surface area contributed by atoms with E-state index in [1.54, 1.807) is 0 Å². The molecule has 3 aromatic rings. The third kappa shape index (κ3) is 3.24. The SMILES string of the molecule is Cc1cccc(-c2nc3[nH]c(=O)cc(NC(=O)C4CCCCC4)n3n2)c1. The van der Waals surface area contributed by atoms with Crippen LogP contribution in [0.3, 0.4) is 0 Å². The summed E-state index contributed by atoms with van der Waals surface area (Å²) < 4.78 is 1.49. The molecule has 0 aliphatic heterocycles. The van der Waals surface area contributed by atoms with Crippen LogP contribution in [0.15, 0.2) is 35.1 Å². The third-order valence-electron chi connectivity index (χ3n) is 4.84. The molecule has 2 heterocycles. The van der Waals surface area contributed by atoms with Crippen LogP contribution in [0.25, 0.3) is 17.2 Å². The number of hydrogen-bond donors (Lipinski definition) is 2. The number of aromatic amines is 1. The molecule has 7 nitrogen and oxygen atoms in total. The average Bonchev–Trinajstić information content (AvgIpc) is 3.06. The highest BCUT2D eigenvalue weighted by atomic mass is 16.2. The number of carbonyl (C=O) groups is 1. The summed E-state index contributed by atoms with van der Waals surface area (Å²) >= 11 is 0. The number of fused-ring (bicyclic) bond motifs is 1. The number of rotatable bonds is 3. The zero-order valence-electron chi connectivity index (χ0n) is 14.7. The molecule has 0 unspecified atom stereocenters. The maximum Gasteiger partial charge on any atom is 0.254 e. The lowest BCUT2D eigenvalue weighted by Gasteiger charge is -2.20. The van der Waals surface area contributed by atoms with Gasteiger partial charge in [-0.25, -0.2) is 0 Å². The summed E-state index contributed by atoms with van der Waals surface area (Å²) in [6.45, 7) is 2.00. The first-order chi connectivity index (χ1) is 12.6. The van der Waals surface area contributed by atoms with E-state index in [4.69, 9.17) is 0 Å². The van der Waals surface area contributed by atoms with E-state index in [1.165, 1.54) is 17.0 Å². The lowest BCUT2D eigenvalue weighted by Crippen LogP contribution is -2.27. The Labute approximate surface area is 150 Å². The van der Waals surface area contributed by atoms with Gasteiger partial charge in [0.05, 0.1) is 0 Å². The molecule has 0 bridgehead atoms. The number of amides is 1. The van der Waals surface area contributed by atoms with Gasteiger partial charge in [-0.2, -0.15) is 9.50 Å². The van der Waals surface area contributed by atoms with Crippen LogP contribution in [0.5, 0.6) is 0 Å². The van der Waals surface area contributed by atoms with E-state index in [0.717, 1.165) is 36.8 Å². The van der Waals surface area contributed by atoms with E-state index in [9.17, 15) is 9.59 Å². The number of aryl methyl sites for hydroxylation is 1. The van der Waals surface area contributed by atoms with Crippen molar-refractivity contribution in [2.24, 2.45) is 5.92 Å². The van der Waals surface area contributed by atoms with Gasteiger partial charge in [0.25, 0.3) is 5.56 Å². The van der Waals surface area contributed by atoms with Crippen molar-refractivity contribution in [2.75, 3.05) is 5.32 Å². The van der Waals surface area contributed by atoms with Gasteiger partial charge in [0.15, 0.2) is 5.82 Å². The quantitative estimate of drug-likeness (QED) is 0.759. The molecular weight excluding hydrogens is 330 g/mol. The number of anilines is 1. The van der Waals surface area contributed by atoms with Crippen molar-refractivity contribution in [1.82, 2.24) is 19.6 Å². The lowest BCUT2D eigenvalue weighted by atomic mass is 9.89. The lowest BCUT2D eigenvalue weighted by molar-refractivity contribution is -0.120. The average molecular weight is 351 g/mol. The molecule has 0 saturated heterocycles. The van der Waals surface area contributed by atoms with E-state index in [0.29, 0.717) is 17.4 Å². The highest BCUT2D eigenvalue weighted by Gasteiger charge is 2.22. The van der Waals surface area contributed by atoms with E-state index < -0.39 is 0 Å². The normalized spacial score (nSPS) is 15.3. The van der Waals surface area contributed by atoms with Crippen LogP contribution in [0.1, 0.15) is 37.7 Å². The number of H-pyrrole nitrogens is 1. The summed E-state index contributed by atoms with van der Waals surface area (Å²) in [5, 5.41) is 7.36. The molecule has 26 heavy (non-hydrogen) atoms. The first-order valence-electron chi connectivity index (χ1n) is 8.98. The van der Waals surface area contributed by atoms with Crippen molar-refractivity contribution in [2.45, 2.75) is 39.0 Å². The molecule has 1 saturated carbocycles. The molecule has 0 atom stereocenters. The standard InChI is InChI=1S/C19H21N5O2/c1-12-6-5-9-14(10-12)17-22-19-21-16(25)11-15(24(19)23-17)20-18(26)13-7-3-2-4-8-13/h5-6,9-11,13H,2-4,7-8H2,1H3,(H,20,26)(H,21,22,23,25). The molecule has 2 aromatic heterocycles. The highest BCUT2D eigenvalue weighted by molar-refractivity contribution is 5.92. The first kappa shape index (κ1) is 16.5. The van der Waals surface area contributed by atoms with Crippen molar-refractivity contribution in [3.05, 3.63) is 46.2 Å². The summed E-state index contributed by atoms with van der Waals surface area (Å²) in [6.07, 6.45) is 5.11. The molecule has 1 fully saturated rings. The molecule has 4 rings (SSSR count). The maximum absolute atomic E-state index is 12.6. The summed E-state index contributed by atoms with van der Waals surface area (Å²) in [4.78, 5) is 31.6. The molecule has 1 aromatic carbocycles. The van der Waals surface area contributed by atoms with Gasteiger partial charge in [0, 0.05) is 17.5 Å². The fourth-order valence-electron chi connectivity index (χ4n) is 3.48. The van der Waals surface area contributed by atoms with Gasteiger partial charge in [-0.3, -0.25) is 14.6 Å². The van der Waals surface area contributed by atoms with Crippen molar-refractivity contribution >= 4 is 17.5 Å². The Balaban J connectivity index is 1.70. The van der Waals surface area contributed by atoms with Gasteiger partial charge >= 0.3 is 0 Å². The monoisotopic (exact) mass is 351 g/mol. The summed E-state index contributed by atoms with van der Waals surface area (Å²) in [5.41, 5.74) is 1.64. The Morgan fingerprint density at radius 1 is 1.23 bits per heavy atom. The largest absolute Gasteiger partial charge is 0.310 e. The second kappa shape index (κ2) is 6.74. The van der Waals surface area contributed by atoms with Gasteiger partial charge in [-0.05, 0) is 25.8 Å². The van der Waals surface area contributed by atoms with Crippen LogP contribution in [0.2, 0.25) is 0 Å². The third-order valence-corrected chi connectivity index (χ3v) is 4.84. The fraction of sp³-hybridized carbons (Fsp3) is 0.368. The predicted molar refractivity (Wildman–Crippen MR) is 99.0 cm³/mol. The van der Waals surface area contributed by atoms with Gasteiger partial charge < -0.3 is 5.32 Å². The van der Waals surface area contributed by atoms with E-state index >= 15 is 0 Å². The van der Waals surface area contributed by atoms with E-state index in [-0.39, 0.29) is 17.4 Å². The molecule has 7 heteroatoms. The topological polar surface area (TPSA) is 92.1 Å². The minimum atomic E-state index is -0.320. The van der Waals surface area contributed by atoms with Crippen LogP contribution < -0.4 is 10.9 Å². The smallest absolute Gasteiger partial charge is 0.254 e. The van der Waals surface area contributed by atoms with Gasteiger partial charge in [-0.15, -0.1) is 5.10 Å². The molecule has 1 aliphatic carbocycles. The number of carbonyl (C=O) groups excluding carboxylic acids is 1. The Hall–Kier alpha value is -2.96. The van der Waals surface area contributed by atoms with Gasteiger partial charge in [0.2, 0.25) is 11.7 Å². The fourth-order valence-corrected chi connectivity index (χ4v) is 3.48. The molecule has 2 N–H and O–H groups in total. The van der Waals surface area contributed by atoms with Crippen molar-refractivity contribution in [1.29, 1.82) is 0 Å². The number of nitrogens with zero attached hydrogens (tertiary/aromatic N) is 3. The van der Waals surface area contributed by atoms with Crippen LogP contribution >= 0.6 is 0 Å². The first-order valence-corrected chi connectivity index (χ1v) is 8.98. The molecule has 0 radical (unpaired) electrons. The highest BCUT2D eigenvalue weighted by Crippen LogP contribution is 2.25. The van der Waals surface area contributed by atoms with Crippen LogP contribution in [-0.2, 0) is 4.79 Å². The van der Waals surface area contributed by atoms with Crippen molar-refractivity contribution in [3.63, 3.8) is 0 Å². The minimum Gasteiger partial charge on any atom is -0.310 e. The summed E-state index contributed by atoms with van der Waals surface area (Å²) in [7, 11) is 0. The van der Waals surface area contributed by atoms with E-state index in [1.807, 2.05) is 31.2 Å². The number of hydrogen-bond acceptors (Lipinski definition) is 4. The van der Waals surface area contributed by atoms with Crippen molar-refractivity contribution < 1.29 is 4.79 Å². The second-order valence-corrected chi connectivity index (χ2v) is 6.88. The zero-order valence-corrected chi connectivity index (χ0v) is 14.7. The second-order valence-electron chi connectivity index (χ2n) is 6.88. The van der Waals surface area contributed by atoms with Gasteiger partial charge in [0.1, 0.15) is 5.82 Å².